The maximum atomic E-state index is 10.9. The lowest BCUT2D eigenvalue weighted by atomic mass is 10.2. The van der Waals surface area contributed by atoms with Crippen LogP contribution in [-0.2, 0) is 9.59 Å². The molecule has 1 atom stereocenters. The quantitative estimate of drug-likeness (QED) is 0.707. The summed E-state index contributed by atoms with van der Waals surface area (Å²) < 4.78 is 0. The lowest BCUT2D eigenvalue weighted by molar-refractivity contribution is -0.141. The van der Waals surface area contributed by atoms with Gasteiger partial charge in [0.2, 0.25) is 5.91 Å². The molecular weight excluding hydrogens is 246 g/mol. The molecule has 0 bridgehead atoms. The fraction of sp³-hybridized carbons (Fsp3) is 0.385. The first-order valence-electron chi connectivity index (χ1n) is 5.91. The summed E-state index contributed by atoms with van der Waals surface area (Å²) in [6.45, 7) is 1.43. The van der Waals surface area contributed by atoms with Gasteiger partial charge in [-0.1, -0.05) is 0 Å². The molecule has 0 fully saturated rings. The van der Waals surface area contributed by atoms with Gasteiger partial charge >= 0.3 is 5.97 Å². The van der Waals surface area contributed by atoms with Gasteiger partial charge in [0.05, 0.1) is 0 Å². The molecule has 1 amide bonds. The van der Waals surface area contributed by atoms with E-state index in [0.29, 0.717) is 0 Å². The Labute approximate surface area is 112 Å². The lowest BCUT2D eigenvalue weighted by Crippen LogP contribution is -2.44. The number of nitrogens with one attached hydrogen (secondary N) is 2. The Morgan fingerprint density at radius 2 is 1.84 bits per heavy atom. The van der Waals surface area contributed by atoms with E-state index in [0.717, 1.165) is 11.4 Å². The van der Waals surface area contributed by atoms with Crippen molar-refractivity contribution < 1.29 is 14.7 Å². The van der Waals surface area contributed by atoms with Crippen LogP contribution in [0.25, 0.3) is 0 Å². The van der Waals surface area contributed by atoms with Crippen LogP contribution in [0.2, 0.25) is 0 Å². The molecule has 0 aromatic heterocycles. The Kier molecular flexibility index (Phi) is 5.17. The van der Waals surface area contributed by atoms with E-state index >= 15 is 0 Å². The topological polar surface area (TPSA) is 81.7 Å². The second kappa shape index (κ2) is 6.63. The number of carbonyl (C=O) groups is 2. The predicted octanol–water partition coefficient (Wildman–Crippen LogP) is 0.754. The molecule has 1 aromatic carbocycles. The summed E-state index contributed by atoms with van der Waals surface area (Å²) in [5.41, 5.74) is 1.87. The molecule has 0 spiro atoms. The summed E-state index contributed by atoms with van der Waals surface area (Å²) >= 11 is 0. The smallest absolute Gasteiger partial charge is 0.328 e. The van der Waals surface area contributed by atoms with Gasteiger partial charge in [0.1, 0.15) is 6.04 Å². The Bertz CT molecular complexity index is 443. The van der Waals surface area contributed by atoms with Crippen molar-refractivity contribution >= 4 is 23.3 Å². The zero-order valence-corrected chi connectivity index (χ0v) is 11.3. The fourth-order valence-corrected chi connectivity index (χ4v) is 1.54. The summed E-state index contributed by atoms with van der Waals surface area (Å²) in [5, 5.41) is 14.3. The van der Waals surface area contributed by atoms with Crippen molar-refractivity contribution in [3.8, 4) is 0 Å². The number of nitrogens with zero attached hydrogens (tertiary/aromatic N) is 1. The van der Waals surface area contributed by atoms with E-state index in [1.807, 2.05) is 43.3 Å². The van der Waals surface area contributed by atoms with Crippen molar-refractivity contribution in [1.82, 2.24) is 5.32 Å². The predicted molar refractivity (Wildman–Crippen MR) is 74.5 cm³/mol. The number of benzene rings is 1. The van der Waals surface area contributed by atoms with Crippen molar-refractivity contribution in [2.45, 2.75) is 13.0 Å². The van der Waals surface area contributed by atoms with Crippen LogP contribution in [0.4, 0.5) is 11.4 Å². The summed E-state index contributed by atoms with van der Waals surface area (Å²) in [7, 11) is 3.89. The maximum absolute atomic E-state index is 10.9. The molecule has 104 valence electrons. The molecule has 0 saturated carbocycles. The molecule has 0 aliphatic heterocycles. The molecule has 6 nitrogen and oxygen atoms in total. The van der Waals surface area contributed by atoms with Gasteiger partial charge < -0.3 is 20.6 Å². The standard InChI is InChI=1S/C13H19N3O3/c1-9(17)15-12(13(18)19)8-14-10-4-6-11(7-5-10)16(2)3/h4-7,12,14H,8H2,1-3H3,(H,15,17)(H,18,19). The molecule has 19 heavy (non-hydrogen) atoms. The highest BCUT2D eigenvalue weighted by Gasteiger charge is 2.17. The largest absolute Gasteiger partial charge is 0.480 e. The number of carboxylic acid groups (broad SMARTS) is 1. The molecule has 0 aliphatic carbocycles. The van der Waals surface area contributed by atoms with E-state index in [-0.39, 0.29) is 12.5 Å². The molecular formula is C13H19N3O3. The zero-order valence-electron chi connectivity index (χ0n) is 11.3. The highest BCUT2D eigenvalue weighted by molar-refractivity contribution is 5.82. The summed E-state index contributed by atoms with van der Waals surface area (Å²) in [5.74, 6) is -1.43. The molecule has 1 aromatic rings. The van der Waals surface area contributed by atoms with Crippen LogP contribution in [-0.4, -0.2) is 43.7 Å². The van der Waals surface area contributed by atoms with Crippen LogP contribution < -0.4 is 15.5 Å². The average molecular weight is 265 g/mol. The number of hydrogen-bond donors (Lipinski definition) is 3. The number of anilines is 2. The minimum atomic E-state index is -1.06. The molecule has 0 aliphatic rings. The summed E-state index contributed by atoms with van der Waals surface area (Å²) in [6, 6.07) is 6.64. The second-order valence-corrected chi connectivity index (χ2v) is 4.41. The lowest BCUT2D eigenvalue weighted by Gasteiger charge is -2.16. The third-order valence-corrected chi connectivity index (χ3v) is 2.57. The van der Waals surface area contributed by atoms with Crippen LogP contribution in [0.5, 0.6) is 0 Å². The van der Waals surface area contributed by atoms with Crippen molar-refractivity contribution in [1.29, 1.82) is 0 Å². The van der Waals surface area contributed by atoms with Gasteiger partial charge in [0.25, 0.3) is 0 Å². The highest BCUT2D eigenvalue weighted by Crippen LogP contribution is 2.15. The number of amides is 1. The van der Waals surface area contributed by atoms with Crippen molar-refractivity contribution in [3.63, 3.8) is 0 Å². The van der Waals surface area contributed by atoms with E-state index < -0.39 is 12.0 Å². The number of carboxylic acids is 1. The maximum Gasteiger partial charge on any atom is 0.328 e. The third-order valence-electron chi connectivity index (χ3n) is 2.57. The van der Waals surface area contributed by atoms with Gasteiger partial charge in [-0.25, -0.2) is 4.79 Å². The Hall–Kier alpha value is -2.24. The summed E-state index contributed by atoms with van der Waals surface area (Å²) in [4.78, 5) is 23.8. The van der Waals surface area contributed by atoms with E-state index in [4.69, 9.17) is 5.11 Å². The normalized spacial score (nSPS) is 11.5. The molecule has 0 heterocycles. The molecule has 0 radical (unpaired) electrons. The average Bonchev–Trinajstić information content (AvgIpc) is 2.34. The highest BCUT2D eigenvalue weighted by atomic mass is 16.4. The molecule has 1 rings (SSSR count). The van der Waals surface area contributed by atoms with E-state index in [1.165, 1.54) is 6.92 Å². The molecule has 6 heteroatoms. The van der Waals surface area contributed by atoms with E-state index in [1.54, 1.807) is 0 Å². The fourth-order valence-electron chi connectivity index (χ4n) is 1.54. The third kappa shape index (κ3) is 4.87. The van der Waals surface area contributed by atoms with E-state index in [9.17, 15) is 9.59 Å². The van der Waals surface area contributed by atoms with Gasteiger partial charge in [-0.2, -0.15) is 0 Å². The SMILES string of the molecule is CC(=O)NC(CNc1ccc(N(C)C)cc1)C(=O)O. The van der Waals surface area contributed by atoms with Gasteiger partial charge in [0, 0.05) is 38.9 Å². The Balaban J connectivity index is 2.59. The second-order valence-electron chi connectivity index (χ2n) is 4.41. The number of rotatable bonds is 6. The molecule has 1 unspecified atom stereocenters. The minimum Gasteiger partial charge on any atom is -0.480 e. The van der Waals surface area contributed by atoms with Crippen molar-refractivity contribution in [3.05, 3.63) is 24.3 Å². The minimum absolute atomic E-state index is 0.135. The van der Waals surface area contributed by atoms with Gasteiger partial charge in [-0.15, -0.1) is 0 Å². The zero-order chi connectivity index (χ0) is 14.4. The number of carbonyl (C=O) groups excluding carboxylic acids is 1. The Morgan fingerprint density at radius 3 is 2.26 bits per heavy atom. The van der Waals surface area contributed by atoms with Crippen LogP contribution in [0, 0.1) is 0 Å². The van der Waals surface area contributed by atoms with Crippen LogP contribution >= 0.6 is 0 Å². The van der Waals surface area contributed by atoms with Crippen molar-refractivity contribution in [2.24, 2.45) is 0 Å². The van der Waals surface area contributed by atoms with Gasteiger partial charge in [-0.05, 0) is 24.3 Å². The molecule has 3 N–H and O–H groups in total. The van der Waals surface area contributed by atoms with Crippen LogP contribution in [0.1, 0.15) is 6.92 Å². The van der Waals surface area contributed by atoms with Gasteiger partial charge in [0.15, 0.2) is 0 Å². The first-order valence-corrected chi connectivity index (χ1v) is 5.91. The number of hydrogen-bond acceptors (Lipinski definition) is 4. The molecule has 0 saturated heterocycles. The van der Waals surface area contributed by atoms with Crippen LogP contribution in [0.3, 0.4) is 0 Å². The first kappa shape index (κ1) is 14.8. The monoisotopic (exact) mass is 265 g/mol. The Morgan fingerprint density at radius 1 is 1.26 bits per heavy atom. The van der Waals surface area contributed by atoms with Gasteiger partial charge in [-0.3, -0.25) is 4.79 Å². The first-order chi connectivity index (χ1) is 8.90. The number of aliphatic carboxylic acids is 1. The van der Waals surface area contributed by atoms with Crippen LogP contribution in [0.15, 0.2) is 24.3 Å². The summed E-state index contributed by atoms with van der Waals surface area (Å²) in [6.07, 6.45) is 0. The van der Waals surface area contributed by atoms with Crippen molar-refractivity contribution in [2.75, 3.05) is 30.9 Å². The van der Waals surface area contributed by atoms with E-state index in [2.05, 4.69) is 10.6 Å².